The molecule has 2 aromatic rings. The van der Waals surface area contributed by atoms with Gasteiger partial charge in [-0.2, -0.15) is 10.5 Å². The Morgan fingerprint density at radius 1 is 1.19 bits per heavy atom. The van der Waals surface area contributed by atoms with Crippen LogP contribution < -0.4 is 10.4 Å². The number of fused-ring (bicyclic) bond motifs is 1. The Bertz CT molecular complexity index is 919. The van der Waals surface area contributed by atoms with Gasteiger partial charge in [-0.05, 0) is 24.1 Å². The van der Waals surface area contributed by atoms with Crippen molar-refractivity contribution < 1.29 is 13.9 Å². The van der Waals surface area contributed by atoms with Gasteiger partial charge in [-0.25, -0.2) is 4.79 Å². The number of hydrogen-bond acceptors (Lipinski definition) is 6. The maximum atomic E-state index is 12.3. The van der Waals surface area contributed by atoms with Crippen molar-refractivity contribution in [1.82, 2.24) is 4.90 Å². The van der Waals surface area contributed by atoms with E-state index in [1.807, 2.05) is 25.1 Å². The molecule has 0 atom stereocenters. The van der Waals surface area contributed by atoms with Crippen LogP contribution in [0, 0.1) is 22.7 Å². The molecule has 1 heterocycles. The van der Waals surface area contributed by atoms with Crippen LogP contribution in [0.1, 0.15) is 31.7 Å². The zero-order chi connectivity index (χ0) is 19.6. The third-order valence-corrected chi connectivity index (χ3v) is 4.02. The molecule has 1 aromatic heterocycles. The van der Waals surface area contributed by atoms with Crippen LogP contribution in [-0.2, 0) is 11.2 Å². The first-order chi connectivity index (χ1) is 13.1. The highest BCUT2D eigenvalue weighted by Gasteiger charge is 2.14. The molecular weight excluding hydrogens is 346 g/mol. The molecule has 0 saturated carbocycles. The van der Waals surface area contributed by atoms with Gasteiger partial charge in [-0.1, -0.05) is 13.3 Å². The van der Waals surface area contributed by atoms with Gasteiger partial charge in [0.1, 0.15) is 11.3 Å². The minimum atomic E-state index is -0.418. The molecule has 7 nitrogen and oxygen atoms in total. The fourth-order valence-electron chi connectivity index (χ4n) is 2.74. The first-order valence-corrected chi connectivity index (χ1v) is 8.80. The van der Waals surface area contributed by atoms with Crippen LogP contribution in [0.25, 0.3) is 11.0 Å². The molecule has 27 heavy (non-hydrogen) atoms. The molecule has 7 heteroatoms. The Morgan fingerprint density at radius 2 is 1.89 bits per heavy atom. The summed E-state index contributed by atoms with van der Waals surface area (Å²) >= 11 is 0. The fraction of sp³-hybridized carbons (Fsp3) is 0.400. The predicted octanol–water partition coefficient (Wildman–Crippen LogP) is 2.78. The van der Waals surface area contributed by atoms with Gasteiger partial charge in [-0.15, -0.1) is 0 Å². The zero-order valence-electron chi connectivity index (χ0n) is 15.2. The Kier molecular flexibility index (Phi) is 7.39. The zero-order valence-corrected chi connectivity index (χ0v) is 15.2. The van der Waals surface area contributed by atoms with E-state index in [-0.39, 0.29) is 38.4 Å². The molecule has 140 valence electrons. The quantitative estimate of drug-likeness (QED) is 0.631. The van der Waals surface area contributed by atoms with Crippen molar-refractivity contribution in [2.45, 2.75) is 32.6 Å². The number of amides is 1. The molecule has 0 saturated heterocycles. The number of aryl methyl sites for hydroxylation is 1. The van der Waals surface area contributed by atoms with Crippen molar-refractivity contribution in [3.8, 4) is 17.9 Å². The van der Waals surface area contributed by atoms with E-state index < -0.39 is 5.63 Å². The predicted molar refractivity (Wildman–Crippen MR) is 99.0 cm³/mol. The summed E-state index contributed by atoms with van der Waals surface area (Å²) in [5, 5.41) is 18.2. The maximum absolute atomic E-state index is 12.3. The first kappa shape index (κ1) is 20.0. The molecular formula is C20H21N3O4. The molecule has 0 bridgehead atoms. The monoisotopic (exact) mass is 367 g/mol. The second-order valence-corrected chi connectivity index (χ2v) is 5.98. The van der Waals surface area contributed by atoms with Crippen molar-refractivity contribution in [3.63, 3.8) is 0 Å². The van der Waals surface area contributed by atoms with E-state index in [0.29, 0.717) is 11.3 Å². The van der Waals surface area contributed by atoms with Gasteiger partial charge in [0.2, 0.25) is 0 Å². The highest BCUT2D eigenvalue weighted by atomic mass is 16.5. The molecule has 2 rings (SSSR count). The summed E-state index contributed by atoms with van der Waals surface area (Å²) in [4.78, 5) is 25.5. The van der Waals surface area contributed by atoms with E-state index in [2.05, 4.69) is 0 Å². The number of nitrogens with zero attached hydrogens (tertiary/aromatic N) is 3. The van der Waals surface area contributed by atoms with E-state index in [0.717, 1.165) is 23.8 Å². The summed E-state index contributed by atoms with van der Waals surface area (Å²) < 4.78 is 10.8. The number of carbonyl (C=O) groups excluding carboxylic acids is 1. The minimum absolute atomic E-state index is 0.193. The maximum Gasteiger partial charge on any atom is 0.336 e. The van der Waals surface area contributed by atoms with E-state index in [1.54, 1.807) is 12.1 Å². The molecule has 0 radical (unpaired) electrons. The highest BCUT2D eigenvalue weighted by molar-refractivity contribution is 5.82. The van der Waals surface area contributed by atoms with Crippen LogP contribution in [0.5, 0.6) is 5.75 Å². The van der Waals surface area contributed by atoms with Crippen LogP contribution in [-0.4, -0.2) is 30.5 Å². The van der Waals surface area contributed by atoms with Crippen LogP contribution in [0.15, 0.2) is 33.5 Å². The van der Waals surface area contributed by atoms with Gasteiger partial charge in [0.05, 0.1) is 25.0 Å². The average molecular weight is 367 g/mol. The Balaban J connectivity index is 2.11. The largest absolute Gasteiger partial charge is 0.484 e. The van der Waals surface area contributed by atoms with Crippen LogP contribution in [0.2, 0.25) is 0 Å². The summed E-state index contributed by atoms with van der Waals surface area (Å²) in [7, 11) is 0. The van der Waals surface area contributed by atoms with Gasteiger partial charge in [-0.3, -0.25) is 4.79 Å². The molecule has 0 aliphatic heterocycles. The van der Waals surface area contributed by atoms with Crippen LogP contribution >= 0.6 is 0 Å². The summed E-state index contributed by atoms with van der Waals surface area (Å²) in [5.74, 6) is 0.106. The van der Waals surface area contributed by atoms with E-state index in [4.69, 9.17) is 19.7 Å². The second-order valence-electron chi connectivity index (χ2n) is 5.98. The van der Waals surface area contributed by atoms with Crippen molar-refractivity contribution >= 4 is 16.9 Å². The summed E-state index contributed by atoms with van der Waals surface area (Å²) in [6, 6.07) is 10.6. The van der Waals surface area contributed by atoms with E-state index in [1.165, 1.54) is 11.0 Å². The molecule has 1 amide bonds. The third-order valence-electron chi connectivity index (χ3n) is 4.02. The Morgan fingerprint density at radius 3 is 2.52 bits per heavy atom. The first-order valence-electron chi connectivity index (χ1n) is 8.80. The molecule has 0 aliphatic rings. The number of hydrogen-bond donors (Lipinski definition) is 0. The van der Waals surface area contributed by atoms with Gasteiger partial charge in [0.15, 0.2) is 6.61 Å². The highest BCUT2D eigenvalue weighted by Crippen LogP contribution is 2.23. The van der Waals surface area contributed by atoms with Gasteiger partial charge in [0, 0.05) is 30.6 Å². The molecule has 0 spiro atoms. The molecule has 0 aliphatic carbocycles. The standard InChI is InChI=1S/C20H21N3O4/c1-2-5-15-12-20(25)27-18-13-16(6-7-17(15)18)26-14-19(24)23(10-3-8-21)11-4-9-22/h6-7,12-13H,2-5,10-11,14H2,1H3. The number of rotatable bonds is 9. The fourth-order valence-corrected chi connectivity index (χ4v) is 2.74. The van der Waals surface area contributed by atoms with Crippen LogP contribution in [0.3, 0.4) is 0 Å². The molecule has 0 fully saturated rings. The van der Waals surface area contributed by atoms with Crippen molar-refractivity contribution in [1.29, 1.82) is 10.5 Å². The van der Waals surface area contributed by atoms with E-state index in [9.17, 15) is 9.59 Å². The van der Waals surface area contributed by atoms with Gasteiger partial charge < -0.3 is 14.1 Å². The number of benzene rings is 1. The SMILES string of the molecule is CCCc1cc(=O)oc2cc(OCC(=O)N(CCC#N)CCC#N)ccc12. The smallest absolute Gasteiger partial charge is 0.336 e. The lowest BCUT2D eigenvalue weighted by Crippen LogP contribution is -2.36. The lowest BCUT2D eigenvalue weighted by atomic mass is 10.1. The molecule has 0 N–H and O–H groups in total. The lowest BCUT2D eigenvalue weighted by Gasteiger charge is -2.20. The van der Waals surface area contributed by atoms with Crippen LogP contribution in [0.4, 0.5) is 0 Å². The Hall–Kier alpha value is -3.32. The number of nitriles is 2. The lowest BCUT2D eigenvalue weighted by molar-refractivity contribution is -0.133. The topological polar surface area (TPSA) is 107 Å². The van der Waals surface area contributed by atoms with Gasteiger partial charge in [0.25, 0.3) is 5.91 Å². The van der Waals surface area contributed by atoms with Crippen molar-refractivity contribution in [3.05, 3.63) is 40.2 Å². The number of carbonyl (C=O) groups is 1. The summed E-state index contributed by atoms with van der Waals surface area (Å²) in [6.45, 7) is 2.33. The normalized spacial score (nSPS) is 10.2. The molecule has 1 aromatic carbocycles. The minimum Gasteiger partial charge on any atom is -0.484 e. The Labute approximate surface area is 157 Å². The second kappa shape index (κ2) is 9.98. The van der Waals surface area contributed by atoms with Crippen molar-refractivity contribution in [2.24, 2.45) is 0 Å². The third kappa shape index (κ3) is 5.58. The number of ether oxygens (including phenoxy) is 1. The van der Waals surface area contributed by atoms with Gasteiger partial charge >= 0.3 is 5.63 Å². The summed E-state index contributed by atoms with van der Waals surface area (Å²) in [5.41, 5.74) is 0.922. The molecule has 0 unspecified atom stereocenters. The average Bonchev–Trinajstić information content (AvgIpc) is 2.66. The summed E-state index contributed by atoms with van der Waals surface area (Å²) in [6.07, 6.45) is 2.07. The van der Waals surface area contributed by atoms with Crippen molar-refractivity contribution in [2.75, 3.05) is 19.7 Å². The van der Waals surface area contributed by atoms with E-state index >= 15 is 0 Å².